The first-order valence-corrected chi connectivity index (χ1v) is 7.51. The highest BCUT2D eigenvalue weighted by molar-refractivity contribution is 5.91. The number of carbonyl (C=O) groups excluding carboxylic acids is 1. The molecule has 0 saturated heterocycles. The predicted molar refractivity (Wildman–Crippen MR) is 90.5 cm³/mol. The van der Waals surface area contributed by atoms with Crippen LogP contribution in [0.2, 0.25) is 0 Å². The standard InChI is InChI=1S/C18H17N3O2/c1-2-13-7-3-5-9-15(13)20-17(22)11-21-12-19-16-10-6-4-8-14(16)18(21)23/h3-10,12H,2,11H2,1H3,(H,20,22). The van der Waals surface area contributed by atoms with Gasteiger partial charge < -0.3 is 5.32 Å². The summed E-state index contributed by atoms with van der Waals surface area (Å²) in [7, 11) is 0. The third-order valence-corrected chi connectivity index (χ3v) is 3.72. The Labute approximate surface area is 133 Å². The van der Waals surface area contributed by atoms with Gasteiger partial charge in [0.25, 0.3) is 5.56 Å². The molecule has 0 aliphatic rings. The van der Waals surface area contributed by atoms with Crippen LogP contribution in [0.3, 0.4) is 0 Å². The Morgan fingerprint density at radius 1 is 1.13 bits per heavy atom. The number of anilines is 1. The summed E-state index contributed by atoms with van der Waals surface area (Å²) in [4.78, 5) is 28.8. The monoisotopic (exact) mass is 307 g/mol. The molecule has 1 amide bonds. The molecule has 1 N–H and O–H groups in total. The van der Waals surface area contributed by atoms with Gasteiger partial charge in [-0.1, -0.05) is 37.3 Å². The summed E-state index contributed by atoms with van der Waals surface area (Å²) in [5, 5.41) is 3.37. The normalized spacial score (nSPS) is 10.7. The second-order valence-corrected chi connectivity index (χ2v) is 5.25. The van der Waals surface area contributed by atoms with Gasteiger partial charge in [0.2, 0.25) is 5.91 Å². The van der Waals surface area contributed by atoms with E-state index in [0.29, 0.717) is 10.9 Å². The zero-order valence-electron chi connectivity index (χ0n) is 12.8. The smallest absolute Gasteiger partial charge is 0.261 e. The Morgan fingerprint density at radius 3 is 2.70 bits per heavy atom. The molecule has 5 heteroatoms. The molecule has 0 atom stereocenters. The number of hydrogen-bond acceptors (Lipinski definition) is 3. The molecule has 23 heavy (non-hydrogen) atoms. The van der Waals surface area contributed by atoms with Gasteiger partial charge in [0.1, 0.15) is 6.54 Å². The van der Waals surface area contributed by atoms with Crippen LogP contribution >= 0.6 is 0 Å². The largest absolute Gasteiger partial charge is 0.324 e. The van der Waals surface area contributed by atoms with Crippen LogP contribution in [0.1, 0.15) is 12.5 Å². The molecule has 0 bridgehead atoms. The van der Waals surface area contributed by atoms with Crippen molar-refractivity contribution in [2.45, 2.75) is 19.9 Å². The lowest BCUT2D eigenvalue weighted by atomic mass is 10.1. The van der Waals surface area contributed by atoms with Gasteiger partial charge in [-0.25, -0.2) is 4.98 Å². The van der Waals surface area contributed by atoms with Crippen LogP contribution in [-0.2, 0) is 17.8 Å². The van der Waals surface area contributed by atoms with Gasteiger partial charge in [-0.15, -0.1) is 0 Å². The molecule has 0 aliphatic carbocycles. The second kappa shape index (κ2) is 6.44. The van der Waals surface area contributed by atoms with Crippen LogP contribution in [0.4, 0.5) is 5.69 Å². The van der Waals surface area contributed by atoms with Crippen molar-refractivity contribution in [1.82, 2.24) is 9.55 Å². The van der Waals surface area contributed by atoms with Gasteiger partial charge in [-0.3, -0.25) is 14.2 Å². The van der Waals surface area contributed by atoms with Crippen LogP contribution in [-0.4, -0.2) is 15.5 Å². The van der Waals surface area contributed by atoms with Crippen molar-refractivity contribution < 1.29 is 4.79 Å². The lowest BCUT2D eigenvalue weighted by Crippen LogP contribution is -2.28. The van der Waals surface area contributed by atoms with Gasteiger partial charge in [0.05, 0.1) is 17.2 Å². The van der Waals surface area contributed by atoms with Gasteiger partial charge in [-0.05, 0) is 30.2 Å². The Kier molecular flexibility index (Phi) is 4.19. The van der Waals surface area contributed by atoms with E-state index in [2.05, 4.69) is 10.3 Å². The first-order valence-electron chi connectivity index (χ1n) is 7.51. The molecule has 0 aliphatic heterocycles. The van der Waals surface area contributed by atoms with E-state index in [-0.39, 0.29) is 18.0 Å². The fourth-order valence-corrected chi connectivity index (χ4v) is 2.51. The van der Waals surface area contributed by atoms with Gasteiger partial charge in [-0.2, -0.15) is 0 Å². The highest BCUT2D eigenvalue weighted by Gasteiger charge is 2.09. The van der Waals surface area contributed by atoms with Crippen LogP contribution in [0.5, 0.6) is 0 Å². The Morgan fingerprint density at radius 2 is 1.87 bits per heavy atom. The van der Waals surface area contributed by atoms with Crippen molar-refractivity contribution in [1.29, 1.82) is 0 Å². The zero-order chi connectivity index (χ0) is 16.2. The zero-order valence-corrected chi connectivity index (χ0v) is 12.8. The number of fused-ring (bicyclic) bond motifs is 1. The fourth-order valence-electron chi connectivity index (χ4n) is 2.51. The quantitative estimate of drug-likeness (QED) is 0.806. The molecule has 0 saturated carbocycles. The second-order valence-electron chi connectivity index (χ2n) is 5.25. The number of para-hydroxylation sites is 2. The van der Waals surface area contributed by atoms with E-state index in [1.807, 2.05) is 37.3 Å². The molecule has 0 spiro atoms. The van der Waals surface area contributed by atoms with E-state index >= 15 is 0 Å². The number of aromatic nitrogens is 2. The highest BCUT2D eigenvalue weighted by atomic mass is 16.2. The topological polar surface area (TPSA) is 64.0 Å². The maximum Gasteiger partial charge on any atom is 0.261 e. The minimum absolute atomic E-state index is 0.0608. The maximum atomic E-state index is 12.4. The molecule has 0 radical (unpaired) electrons. The minimum Gasteiger partial charge on any atom is -0.324 e. The van der Waals surface area contributed by atoms with E-state index in [1.165, 1.54) is 10.9 Å². The molecular formula is C18H17N3O2. The lowest BCUT2D eigenvalue weighted by Gasteiger charge is -2.11. The third-order valence-electron chi connectivity index (χ3n) is 3.72. The molecule has 3 rings (SSSR count). The highest BCUT2D eigenvalue weighted by Crippen LogP contribution is 2.15. The van der Waals surface area contributed by atoms with Crippen LogP contribution in [0.25, 0.3) is 10.9 Å². The molecular weight excluding hydrogens is 290 g/mol. The average Bonchev–Trinajstić information content (AvgIpc) is 2.58. The molecule has 0 unspecified atom stereocenters. The number of hydrogen-bond donors (Lipinski definition) is 1. The van der Waals surface area contributed by atoms with E-state index in [0.717, 1.165) is 17.7 Å². The first kappa shape index (κ1) is 15.0. The van der Waals surface area contributed by atoms with Crippen molar-refractivity contribution in [3.63, 3.8) is 0 Å². The fraction of sp³-hybridized carbons (Fsp3) is 0.167. The number of benzene rings is 2. The van der Waals surface area contributed by atoms with Crippen LogP contribution < -0.4 is 10.9 Å². The minimum atomic E-state index is -0.245. The lowest BCUT2D eigenvalue weighted by molar-refractivity contribution is -0.116. The summed E-state index contributed by atoms with van der Waals surface area (Å²) in [5.41, 5.74) is 2.26. The summed E-state index contributed by atoms with van der Waals surface area (Å²) < 4.78 is 1.33. The van der Waals surface area contributed by atoms with Crippen molar-refractivity contribution >= 4 is 22.5 Å². The van der Waals surface area contributed by atoms with Gasteiger partial charge in [0, 0.05) is 5.69 Å². The number of amides is 1. The van der Waals surface area contributed by atoms with Crippen molar-refractivity contribution in [2.75, 3.05) is 5.32 Å². The SMILES string of the molecule is CCc1ccccc1NC(=O)Cn1cnc2ccccc2c1=O. The summed E-state index contributed by atoms with van der Waals surface area (Å²) in [5.74, 6) is -0.245. The van der Waals surface area contributed by atoms with Crippen LogP contribution in [0.15, 0.2) is 59.7 Å². The Balaban J connectivity index is 1.83. The number of nitrogens with one attached hydrogen (secondary N) is 1. The number of nitrogens with zero attached hydrogens (tertiary/aromatic N) is 2. The molecule has 2 aromatic carbocycles. The molecule has 1 aromatic heterocycles. The van der Waals surface area contributed by atoms with Crippen LogP contribution in [0, 0.1) is 0 Å². The summed E-state index contributed by atoms with van der Waals surface area (Å²) in [6, 6.07) is 14.7. The summed E-state index contributed by atoms with van der Waals surface area (Å²) >= 11 is 0. The number of aryl methyl sites for hydroxylation is 1. The molecule has 116 valence electrons. The van der Waals surface area contributed by atoms with E-state index in [1.54, 1.807) is 18.2 Å². The predicted octanol–water partition coefficient (Wildman–Crippen LogP) is 2.60. The Hall–Kier alpha value is -2.95. The maximum absolute atomic E-state index is 12.4. The van der Waals surface area contributed by atoms with Gasteiger partial charge >= 0.3 is 0 Å². The molecule has 0 fully saturated rings. The van der Waals surface area contributed by atoms with Crippen molar-refractivity contribution in [3.8, 4) is 0 Å². The Bertz CT molecular complexity index is 915. The average molecular weight is 307 g/mol. The summed E-state index contributed by atoms with van der Waals surface area (Å²) in [6.45, 7) is 1.97. The van der Waals surface area contributed by atoms with Gasteiger partial charge in [0.15, 0.2) is 0 Å². The molecule has 3 aromatic rings. The van der Waals surface area contributed by atoms with E-state index < -0.39 is 0 Å². The molecule has 1 heterocycles. The first-order chi connectivity index (χ1) is 11.2. The number of carbonyl (C=O) groups is 1. The molecule has 5 nitrogen and oxygen atoms in total. The summed E-state index contributed by atoms with van der Waals surface area (Å²) in [6.07, 6.45) is 2.24. The van der Waals surface area contributed by atoms with E-state index in [9.17, 15) is 9.59 Å². The van der Waals surface area contributed by atoms with Crippen molar-refractivity contribution in [2.24, 2.45) is 0 Å². The van der Waals surface area contributed by atoms with Crippen molar-refractivity contribution in [3.05, 3.63) is 70.8 Å². The third kappa shape index (κ3) is 3.13. The van der Waals surface area contributed by atoms with E-state index in [4.69, 9.17) is 0 Å². The number of rotatable bonds is 4.